The Balaban J connectivity index is 1.32. The standard InChI is InChI=1S/C22H26O5/c23-22(24)16-25-11-5-7-17-12-21(13-17)26-15-18-6-4-10-20(14-18)27-19-8-2-1-3-9-19/h1-4,6,8-10,14,17,21H,5,7,11-13,15-16H2,(H,23,24)/t17-,21+. The van der Waals surface area contributed by atoms with Crippen LogP contribution in [0.1, 0.15) is 31.2 Å². The van der Waals surface area contributed by atoms with Gasteiger partial charge in [0.25, 0.3) is 0 Å². The van der Waals surface area contributed by atoms with Crippen molar-refractivity contribution in [2.75, 3.05) is 13.2 Å². The highest BCUT2D eigenvalue weighted by Gasteiger charge is 2.29. The van der Waals surface area contributed by atoms with Crippen molar-refractivity contribution in [3.63, 3.8) is 0 Å². The fraction of sp³-hybridized carbons (Fsp3) is 0.409. The van der Waals surface area contributed by atoms with Crippen molar-refractivity contribution in [2.24, 2.45) is 5.92 Å². The van der Waals surface area contributed by atoms with E-state index < -0.39 is 5.97 Å². The van der Waals surface area contributed by atoms with Gasteiger partial charge in [0.15, 0.2) is 0 Å². The molecule has 0 saturated heterocycles. The van der Waals surface area contributed by atoms with E-state index >= 15 is 0 Å². The summed E-state index contributed by atoms with van der Waals surface area (Å²) >= 11 is 0. The third-order valence-corrected chi connectivity index (χ3v) is 4.68. The Morgan fingerprint density at radius 2 is 1.81 bits per heavy atom. The molecule has 0 atom stereocenters. The minimum Gasteiger partial charge on any atom is -0.480 e. The van der Waals surface area contributed by atoms with E-state index in [4.69, 9.17) is 19.3 Å². The van der Waals surface area contributed by atoms with E-state index in [-0.39, 0.29) is 6.61 Å². The van der Waals surface area contributed by atoms with Crippen molar-refractivity contribution in [3.05, 3.63) is 60.2 Å². The van der Waals surface area contributed by atoms with Crippen LogP contribution in [0.3, 0.4) is 0 Å². The van der Waals surface area contributed by atoms with Gasteiger partial charge < -0.3 is 19.3 Å². The number of carbonyl (C=O) groups is 1. The zero-order valence-electron chi connectivity index (χ0n) is 15.4. The maximum absolute atomic E-state index is 10.4. The molecule has 5 nitrogen and oxygen atoms in total. The number of rotatable bonds is 11. The number of hydrogen-bond acceptors (Lipinski definition) is 4. The molecule has 27 heavy (non-hydrogen) atoms. The van der Waals surface area contributed by atoms with Gasteiger partial charge in [-0.05, 0) is 61.4 Å². The summed E-state index contributed by atoms with van der Waals surface area (Å²) in [5, 5.41) is 8.51. The van der Waals surface area contributed by atoms with Crippen LogP contribution in [0.2, 0.25) is 0 Å². The molecule has 2 aromatic rings. The smallest absolute Gasteiger partial charge is 0.329 e. The van der Waals surface area contributed by atoms with Crippen LogP contribution in [-0.2, 0) is 20.9 Å². The van der Waals surface area contributed by atoms with Crippen LogP contribution in [-0.4, -0.2) is 30.4 Å². The van der Waals surface area contributed by atoms with E-state index in [2.05, 4.69) is 0 Å². The maximum atomic E-state index is 10.4. The van der Waals surface area contributed by atoms with Gasteiger partial charge in [-0.2, -0.15) is 0 Å². The van der Waals surface area contributed by atoms with Gasteiger partial charge in [-0.15, -0.1) is 0 Å². The molecular formula is C22H26O5. The number of carboxylic acids is 1. The van der Waals surface area contributed by atoms with E-state index in [9.17, 15) is 4.79 Å². The zero-order valence-corrected chi connectivity index (χ0v) is 15.4. The average Bonchev–Trinajstić information content (AvgIpc) is 2.63. The van der Waals surface area contributed by atoms with E-state index in [1.165, 1.54) is 0 Å². The lowest BCUT2D eigenvalue weighted by Crippen LogP contribution is -2.31. The van der Waals surface area contributed by atoms with Crippen molar-refractivity contribution >= 4 is 5.97 Å². The molecule has 1 aliphatic rings. The molecule has 3 rings (SSSR count). The Labute approximate surface area is 159 Å². The summed E-state index contributed by atoms with van der Waals surface area (Å²) in [6, 6.07) is 17.7. The van der Waals surface area contributed by atoms with Crippen LogP contribution >= 0.6 is 0 Å². The largest absolute Gasteiger partial charge is 0.480 e. The first-order valence-corrected chi connectivity index (χ1v) is 9.42. The first-order chi connectivity index (χ1) is 13.2. The molecule has 1 fully saturated rings. The molecule has 0 aliphatic heterocycles. The van der Waals surface area contributed by atoms with E-state index in [0.29, 0.717) is 25.2 Å². The summed E-state index contributed by atoms with van der Waals surface area (Å²) in [4.78, 5) is 10.4. The zero-order chi connectivity index (χ0) is 18.9. The molecule has 0 amide bonds. The second-order valence-electron chi connectivity index (χ2n) is 6.92. The van der Waals surface area contributed by atoms with Crippen LogP contribution in [0, 0.1) is 5.92 Å². The highest BCUT2D eigenvalue weighted by molar-refractivity contribution is 5.67. The maximum Gasteiger partial charge on any atom is 0.329 e. The number of hydrogen-bond donors (Lipinski definition) is 1. The molecular weight excluding hydrogens is 344 g/mol. The summed E-state index contributed by atoms with van der Waals surface area (Å²) in [7, 11) is 0. The number of aliphatic carboxylic acids is 1. The SMILES string of the molecule is O=C(O)COCCC[C@H]1C[C@@H](OCc2cccc(Oc3ccccc3)c2)C1. The first-order valence-electron chi connectivity index (χ1n) is 9.42. The summed E-state index contributed by atoms with van der Waals surface area (Å²) in [5.74, 6) is 1.39. The predicted molar refractivity (Wildman–Crippen MR) is 102 cm³/mol. The highest BCUT2D eigenvalue weighted by Crippen LogP contribution is 2.34. The third-order valence-electron chi connectivity index (χ3n) is 4.68. The van der Waals surface area contributed by atoms with E-state index in [0.717, 1.165) is 42.7 Å². The van der Waals surface area contributed by atoms with Crippen LogP contribution in [0.15, 0.2) is 54.6 Å². The van der Waals surface area contributed by atoms with E-state index in [1.54, 1.807) is 0 Å². The van der Waals surface area contributed by atoms with E-state index in [1.807, 2.05) is 54.6 Å². The van der Waals surface area contributed by atoms with Gasteiger partial charge in [0.05, 0.1) is 12.7 Å². The van der Waals surface area contributed by atoms with Crippen molar-refractivity contribution in [1.82, 2.24) is 0 Å². The Bertz CT molecular complexity index is 710. The van der Waals surface area contributed by atoms with Crippen molar-refractivity contribution in [1.29, 1.82) is 0 Å². The van der Waals surface area contributed by atoms with Crippen molar-refractivity contribution < 1.29 is 24.1 Å². The van der Waals surface area contributed by atoms with Crippen LogP contribution < -0.4 is 4.74 Å². The molecule has 5 heteroatoms. The normalized spacial score (nSPS) is 18.7. The van der Waals surface area contributed by atoms with Crippen molar-refractivity contribution in [3.8, 4) is 11.5 Å². The molecule has 0 spiro atoms. The molecule has 2 aromatic carbocycles. The van der Waals surface area contributed by atoms with Gasteiger partial charge in [-0.1, -0.05) is 30.3 Å². The molecule has 0 aromatic heterocycles. The summed E-state index contributed by atoms with van der Waals surface area (Å²) in [6.07, 6.45) is 4.43. The molecule has 0 radical (unpaired) electrons. The Morgan fingerprint density at radius 1 is 1.04 bits per heavy atom. The number of ether oxygens (including phenoxy) is 3. The second kappa shape index (κ2) is 10.1. The topological polar surface area (TPSA) is 65.0 Å². The van der Waals surface area contributed by atoms with Gasteiger partial charge in [-0.25, -0.2) is 4.79 Å². The number of benzene rings is 2. The van der Waals surface area contributed by atoms with Crippen molar-refractivity contribution in [2.45, 2.75) is 38.4 Å². The molecule has 0 bridgehead atoms. The molecule has 1 N–H and O–H groups in total. The molecule has 0 heterocycles. The quantitative estimate of drug-likeness (QED) is 0.583. The fourth-order valence-corrected chi connectivity index (χ4v) is 3.22. The second-order valence-corrected chi connectivity index (χ2v) is 6.92. The predicted octanol–water partition coefficient (Wildman–Crippen LogP) is 4.66. The number of para-hydroxylation sites is 1. The molecule has 1 saturated carbocycles. The number of carboxylic acid groups (broad SMARTS) is 1. The molecule has 1 aliphatic carbocycles. The van der Waals surface area contributed by atoms with Crippen LogP contribution in [0.25, 0.3) is 0 Å². The lowest BCUT2D eigenvalue weighted by molar-refractivity contribution is -0.142. The lowest BCUT2D eigenvalue weighted by atomic mass is 9.79. The lowest BCUT2D eigenvalue weighted by Gasteiger charge is -2.35. The Kier molecular flexibility index (Phi) is 7.25. The van der Waals surface area contributed by atoms with Crippen LogP contribution in [0.5, 0.6) is 11.5 Å². The Hall–Kier alpha value is -2.37. The minimum absolute atomic E-state index is 0.205. The summed E-state index contributed by atoms with van der Waals surface area (Å²) < 4.78 is 16.9. The van der Waals surface area contributed by atoms with Gasteiger partial charge >= 0.3 is 5.97 Å². The Morgan fingerprint density at radius 3 is 2.59 bits per heavy atom. The molecule has 0 unspecified atom stereocenters. The highest BCUT2D eigenvalue weighted by atomic mass is 16.5. The first kappa shape index (κ1) is 19.4. The summed E-state index contributed by atoms with van der Waals surface area (Å²) in [6.45, 7) is 0.900. The van der Waals surface area contributed by atoms with Crippen LogP contribution in [0.4, 0.5) is 0 Å². The molecule has 144 valence electrons. The van der Waals surface area contributed by atoms with Gasteiger partial charge in [0.2, 0.25) is 0 Å². The third kappa shape index (κ3) is 6.70. The summed E-state index contributed by atoms with van der Waals surface area (Å²) in [5.41, 5.74) is 1.11. The van der Waals surface area contributed by atoms with Gasteiger partial charge in [0, 0.05) is 6.61 Å². The van der Waals surface area contributed by atoms with Gasteiger partial charge in [-0.3, -0.25) is 0 Å². The van der Waals surface area contributed by atoms with Gasteiger partial charge in [0.1, 0.15) is 18.1 Å². The fourth-order valence-electron chi connectivity index (χ4n) is 3.22. The monoisotopic (exact) mass is 370 g/mol. The minimum atomic E-state index is -0.912. The average molecular weight is 370 g/mol.